The normalized spacial score (nSPS) is 14.2. The number of aromatic nitrogens is 2. The third kappa shape index (κ3) is 4.93. The average molecular weight is 541 g/mol. The van der Waals surface area contributed by atoms with E-state index in [4.69, 9.17) is 10.7 Å². The van der Waals surface area contributed by atoms with Crippen LogP contribution in [0.5, 0.6) is 0 Å². The van der Waals surface area contributed by atoms with Gasteiger partial charge in [-0.2, -0.15) is 0 Å². The monoisotopic (exact) mass is 540 g/mol. The summed E-state index contributed by atoms with van der Waals surface area (Å²) in [7, 11) is 0. The molecule has 0 atom stereocenters. The molecule has 6 rings (SSSR count). The Bertz CT molecular complexity index is 1510. The zero-order valence-electron chi connectivity index (χ0n) is 23.5. The van der Waals surface area contributed by atoms with Crippen LogP contribution in [-0.4, -0.2) is 28.5 Å². The van der Waals surface area contributed by atoms with E-state index in [1.807, 2.05) is 24.5 Å². The van der Waals surface area contributed by atoms with Gasteiger partial charge in [-0.05, 0) is 48.1 Å². The molecule has 0 bridgehead atoms. The van der Waals surface area contributed by atoms with Crippen LogP contribution in [0, 0.1) is 6.92 Å². The van der Waals surface area contributed by atoms with Crippen molar-refractivity contribution in [2.24, 2.45) is 5.73 Å². The molecule has 206 valence electrons. The Morgan fingerprint density at radius 1 is 0.780 bits per heavy atom. The number of carbonyl (C=O) groups excluding carboxylic acids is 1. The van der Waals surface area contributed by atoms with Crippen molar-refractivity contribution < 1.29 is 4.79 Å². The van der Waals surface area contributed by atoms with Crippen molar-refractivity contribution in [2.45, 2.75) is 37.6 Å². The number of hydrogen-bond acceptors (Lipinski definition) is 3. The summed E-state index contributed by atoms with van der Waals surface area (Å²) < 4.78 is 2.39. The van der Waals surface area contributed by atoms with Crippen LogP contribution in [0.3, 0.4) is 0 Å². The predicted molar refractivity (Wildman–Crippen MR) is 165 cm³/mol. The number of amides is 1. The molecule has 41 heavy (non-hydrogen) atoms. The molecule has 5 aromatic rings. The molecule has 0 radical (unpaired) electrons. The van der Waals surface area contributed by atoms with E-state index in [-0.39, 0.29) is 12.3 Å². The minimum absolute atomic E-state index is 0.264. The second-order valence-electron chi connectivity index (χ2n) is 10.9. The second kappa shape index (κ2) is 11.5. The first-order chi connectivity index (χ1) is 20.1. The van der Waals surface area contributed by atoms with E-state index in [9.17, 15) is 4.79 Å². The topological polar surface area (TPSA) is 64.2 Å². The highest BCUT2D eigenvalue weighted by molar-refractivity contribution is 5.79. The van der Waals surface area contributed by atoms with Crippen LogP contribution in [-0.2, 0) is 16.8 Å². The quantitative estimate of drug-likeness (QED) is 0.230. The van der Waals surface area contributed by atoms with Crippen LogP contribution in [0.2, 0.25) is 0 Å². The largest absolute Gasteiger partial charge is 0.371 e. The van der Waals surface area contributed by atoms with Crippen LogP contribution in [0.15, 0.2) is 122 Å². The molecular formula is C36H36N4O. The Morgan fingerprint density at radius 3 is 1.78 bits per heavy atom. The molecule has 4 aromatic carbocycles. The van der Waals surface area contributed by atoms with Gasteiger partial charge in [-0.1, -0.05) is 109 Å². The molecule has 0 aliphatic carbocycles. The van der Waals surface area contributed by atoms with Crippen molar-refractivity contribution in [1.82, 2.24) is 9.55 Å². The maximum atomic E-state index is 11.7. The smallest absolute Gasteiger partial charge is 0.221 e. The molecule has 2 N–H and O–H groups in total. The number of rotatable bonds is 8. The van der Waals surface area contributed by atoms with Gasteiger partial charge in [0.15, 0.2) is 0 Å². The fraction of sp³-hybridized carbons (Fsp3) is 0.222. The summed E-state index contributed by atoms with van der Waals surface area (Å²) in [6, 6.07) is 40.4. The Morgan fingerprint density at radius 2 is 1.27 bits per heavy atom. The number of carbonyl (C=O) groups is 1. The number of nitrogens with zero attached hydrogens (tertiary/aromatic N) is 3. The van der Waals surface area contributed by atoms with E-state index in [1.165, 1.54) is 28.1 Å². The Labute approximate surface area is 242 Å². The summed E-state index contributed by atoms with van der Waals surface area (Å²) in [6.07, 6.45) is 4.31. The number of imidazole rings is 1. The van der Waals surface area contributed by atoms with Crippen LogP contribution in [0.4, 0.5) is 5.69 Å². The minimum atomic E-state index is -0.562. The number of piperidine rings is 1. The van der Waals surface area contributed by atoms with Gasteiger partial charge in [0.1, 0.15) is 5.54 Å². The van der Waals surface area contributed by atoms with E-state index >= 15 is 0 Å². The molecule has 0 spiro atoms. The third-order valence-electron chi connectivity index (χ3n) is 8.56. The Hall–Kier alpha value is -4.64. The van der Waals surface area contributed by atoms with Crippen molar-refractivity contribution in [3.05, 3.63) is 155 Å². The van der Waals surface area contributed by atoms with Gasteiger partial charge in [0, 0.05) is 30.4 Å². The van der Waals surface area contributed by atoms with Crippen LogP contribution >= 0.6 is 0 Å². The van der Waals surface area contributed by atoms with E-state index in [2.05, 4.69) is 113 Å². The molecule has 1 saturated heterocycles. The van der Waals surface area contributed by atoms with Crippen LogP contribution in [0.25, 0.3) is 0 Å². The maximum absolute atomic E-state index is 11.7. The molecule has 5 heteroatoms. The lowest BCUT2D eigenvalue weighted by molar-refractivity contribution is -0.117. The summed E-state index contributed by atoms with van der Waals surface area (Å²) in [6.45, 7) is 4.04. The van der Waals surface area contributed by atoms with Crippen molar-refractivity contribution >= 4 is 11.6 Å². The van der Waals surface area contributed by atoms with Gasteiger partial charge in [0.05, 0.1) is 18.4 Å². The molecule has 0 unspecified atom stereocenters. The molecule has 1 fully saturated rings. The minimum Gasteiger partial charge on any atom is -0.371 e. The highest BCUT2D eigenvalue weighted by Crippen LogP contribution is 2.43. The number of para-hydroxylation sites is 1. The third-order valence-corrected chi connectivity index (χ3v) is 8.56. The maximum Gasteiger partial charge on any atom is 0.221 e. The molecule has 5 nitrogen and oxygen atoms in total. The molecule has 1 aromatic heterocycles. The highest BCUT2D eigenvalue weighted by atomic mass is 16.1. The highest BCUT2D eigenvalue weighted by Gasteiger charge is 2.40. The standard InChI is InChI=1S/C36H36N4O/c1-27-35(28-21-23-39(24-22-28)33-20-12-11-13-29(33)25-34(37)41)38-26-40(27)36(30-14-5-2-6-15-30,31-16-7-3-8-17-31)32-18-9-4-10-19-32/h2-20,26,28H,21-25H2,1H3,(H2,37,41). The van der Waals surface area contributed by atoms with Crippen LogP contribution in [0.1, 0.15) is 52.4 Å². The first kappa shape index (κ1) is 26.6. The number of nitrogens with two attached hydrogens (primary N) is 1. The van der Waals surface area contributed by atoms with E-state index in [0.29, 0.717) is 5.92 Å². The zero-order valence-corrected chi connectivity index (χ0v) is 23.5. The van der Waals surface area contributed by atoms with Gasteiger partial charge < -0.3 is 15.2 Å². The molecule has 2 heterocycles. The first-order valence-corrected chi connectivity index (χ1v) is 14.4. The van der Waals surface area contributed by atoms with Gasteiger partial charge in [-0.15, -0.1) is 0 Å². The fourth-order valence-electron chi connectivity index (χ4n) is 6.67. The van der Waals surface area contributed by atoms with Gasteiger partial charge in [0.25, 0.3) is 0 Å². The zero-order chi connectivity index (χ0) is 28.2. The molecule has 1 aliphatic rings. The van der Waals surface area contributed by atoms with E-state index in [0.717, 1.165) is 37.2 Å². The molecular weight excluding hydrogens is 504 g/mol. The summed E-state index contributed by atoms with van der Waals surface area (Å²) in [4.78, 5) is 19.2. The number of primary amides is 1. The average Bonchev–Trinajstić information content (AvgIpc) is 3.40. The lowest BCUT2D eigenvalue weighted by Crippen LogP contribution is -2.38. The van der Waals surface area contributed by atoms with Crippen molar-refractivity contribution in [1.29, 1.82) is 0 Å². The van der Waals surface area contributed by atoms with E-state index < -0.39 is 5.54 Å². The summed E-state index contributed by atoms with van der Waals surface area (Å²) in [5.41, 5.74) is 13.0. The second-order valence-corrected chi connectivity index (χ2v) is 10.9. The van der Waals surface area contributed by atoms with Gasteiger partial charge in [0.2, 0.25) is 5.91 Å². The number of anilines is 1. The number of benzene rings is 4. The Kier molecular flexibility index (Phi) is 7.43. The van der Waals surface area contributed by atoms with Crippen molar-refractivity contribution in [3.63, 3.8) is 0 Å². The van der Waals surface area contributed by atoms with Gasteiger partial charge in [-0.3, -0.25) is 4.79 Å². The van der Waals surface area contributed by atoms with Crippen LogP contribution < -0.4 is 10.6 Å². The molecule has 0 saturated carbocycles. The fourth-order valence-corrected chi connectivity index (χ4v) is 6.67. The number of hydrogen-bond donors (Lipinski definition) is 1. The van der Waals surface area contributed by atoms with Gasteiger partial charge >= 0.3 is 0 Å². The summed E-state index contributed by atoms with van der Waals surface area (Å²) >= 11 is 0. The molecule has 1 aliphatic heterocycles. The summed E-state index contributed by atoms with van der Waals surface area (Å²) in [5, 5.41) is 0. The first-order valence-electron chi connectivity index (χ1n) is 14.4. The van der Waals surface area contributed by atoms with Crippen molar-refractivity contribution in [3.8, 4) is 0 Å². The van der Waals surface area contributed by atoms with Gasteiger partial charge in [-0.25, -0.2) is 4.98 Å². The Balaban J connectivity index is 1.38. The predicted octanol–water partition coefficient (Wildman–Crippen LogP) is 6.44. The SMILES string of the molecule is Cc1c(C2CCN(c3ccccc3CC(N)=O)CC2)ncn1C(c1ccccc1)(c1ccccc1)c1ccccc1. The lowest BCUT2D eigenvalue weighted by Gasteiger charge is -2.39. The lowest BCUT2D eigenvalue weighted by atomic mass is 9.76. The molecule has 1 amide bonds. The summed E-state index contributed by atoms with van der Waals surface area (Å²) in [5.74, 6) is 0.0584. The van der Waals surface area contributed by atoms with E-state index in [1.54, 1.807) is 0 Å². The van der Waals surface area contributed by atoms with Crippen molar-refractivity contribution in [2.75, 3.05) is 18.0 Å².